The van der Waals surface area contributed by atoms with Gasteiger partial charge in [-0.3, -0.25) is 5.01 Å². The van der Waals surface area contributed by atoms with Gasteiger partial charge in [-0.05, 0) is 56.7 Å². The summed E-state index contributed by atoms with van der Waals surface area (Å²) in [5, 5.41) is 17.3. The Morgan fingerprint density at radius 2 is 2.12 bits per heavy atom. The number of carbonyl (C=O) groups excluding carboxylic acids is 1. The summed E-state index contributed by atoms with van der Waals surface area (Å²) in [4.78, 5) is 16.8. The average Bonchev–Trinajstić information content (AvgIpc) is 3.46. The third-order valence-electron chi connectivity index (χ3n) is 7.23. The molecule has 6 nitrogen and oxygen atoms in total. The molecule has 2 heterocycles. The number of carbonyl (C=O) groups is 1. The zero-order chi connectivity index (χ0) is 22.2. The fourth-order valence-corrected chi connectivity index (χ4v) is 6.05. The van der Waals surface area contributed by atoms with Crippen molar-refractivity contribution in [2.75, 3.05) is 6.61 Å². The molecule has 166 valence electrons. The molecule has 0 aromatic carbocycles. The summed E-state index contributed by atoms with van der Waals surface area (Å²) in [6, 6.07) is 6.32. The van der Waals surface area contributed by atoms with E-state index in [1.807, 2.05) is 12.1 Å². The highest BCUT2D eigenvalue weighted by Crippen LogP contribution is 2.44. The number of pyridine rings is 1. The maximum Gasteiger partial charge on any atom is 0.356 e. The third kappa shape index (κ3) is 3.63. The smallest absolute Gasteiger partial charge is 0.356 e. The molecule has 1 aliphatic heterocycles. The van der Waals surface area contributed by atoms with Gasteiger partial charge in [0.2, 0.25) is 0 Å². The van der Waals surface area contributed by atoms with E-state index in [1.165, 1.54) is 25.7 Å². The Balaban J connectivity index is 1.49. The number of esters is 1. The minimum Gasteiger partial charge on any atom is -0.461 e. The molecule has 1 saturated carbocycles. The van der Waals surface area contributed by atoms with E-state index < -0.39 is 0 Å². The standard InChI is InChI=1S/C25H27ClN4O2/c1-2-32-25(31)22-12-9-18-21(28-22)11-10-19-23(18)29-30(24(19)15-5-3-4-6-15)17-8-7-16(14-27)20(26)13-17/h7-9,12,15,17,19,24H,2-6,10-11,13H2,1H3/t17?,19-,24-/m0/s1. The largest absolute Gasteiger partial charge is 0.461 e. The monoisotopic (exact) mass is 450 g/mol. The molecule has 1 unspecified atom stereocenters. The lowest BCUT2D eigenvalue weighted by molar-refractivity contribution is 0.0519. The van der Waals surface area contributed by atoms with Gasteiger partial charge in [0.1, 0.15) is 11.8 Å². The molecular weight excluding hydrogens is 424 g/mol. The van der Waals surface area contributed by atoms with E-state index in [1.54, 1.807) is 13.0 Å². The predicted molar refractivity (Wildman–Crippen MR) is 122 cm³/mol. The van der Waals surface area contributed by atoms with Gasteiger partial charge >= 0.3 is 5.97 Å². The highest BCUT2D eigenvalue weighted by molar-refractivity contribution is 6.30. The number of halogens is 1. The van der Waals surface area contributed by atoms with Gasteiger partial charge in [-0.25, -0.2) is 9.78 Å². The molecule has 0 radical (unpaired) electrons. The van der Waals surface area contributed by atoms with Crippen LogP contribution in [0.15, 0.2) is 40.0 Å². The van der Waals surface area contributed by atoms with Crippen LogP contribution < -0.4 is 0 Å². The Labute approximate surface area is 193 Å². The van der Waals surface area contributed by atoms with E-state index in [2.05, 4.69) is 22.1 Å². The molecule has 1 fully saturated rings. The number of ether oxygens (including phenoxy) is 1. The number of rotatable bonds is 4. The van der Waals surface area contributed by atoms with Crippen LogP contribution in [0, 0.1) is 23.2 Å². The van der Waals surface area contributed by atoms with E-state index >= 15 is 0 Å². The van der Waals surface area contributed by atoms with E-state index in [4.69, 9.17) is 21.4 Å². The molecule has 0 saturated heterocycles. The van der Waals surface area contributed by atoms with Gasteiger partial charge in [0, 0.05) is 22.9 Å². The second-order valence-corrected chi connectivity index (χ2v) is 9.47. The van der Waals surface area contributed by atoms with Gasteiger partial charge in [-0.1, -0.05) is 30.5 Å². The first-order valence-electron chi connectivity index (χ1n) is 11.6. The minimum atomic E-state index is -0.377. The van der Waals surface area contributed by atoms with Crippen molar-refractivity contribution in [2.24, 2.45) is 16.9 Å². The van der Waals surface area contributed by atoms with Crippen molar-refractivity contribution in [1.82, 2.24) is 9.99 Å². The van der Waals surface area contributed by atoms with Crippen molar-refractivity contribution >= 4 is 23.3 Å². The summed E-state index contributed by atoms with van der Waals surface area (Å²) >= 11 is 6.45. The number of allylic oxidation sites excluding steroid dienone is 2. The fourth-order valence-electron chi connectivity index (χ4n) is 5.79. The van der Waals surface area contributed by atoms with E-state index in [0.29, 0.717) is 47.2 Å². The predicted octanol–water partition coefficient (Wildman–Crippen LogP) is 4.74. The second-order valence-electron chi connectivity index (χ2n) is 9.02. The molecule has 0 spiro atoms. The summed E-state index contributed by atoms with van der Waals surface area (Å²) in [6.45, 7) is 2.14. The number of hydrazone groups is 1. The van der Waals surface area contributed by atoms with Crippen molar-refractivity contribution < 1.29 is 9.53 Å². The Morgan fingerprint density at radius 1 is 1.31 bits per heavy atom. The zero-order valence-corrected chi connectivity index (χ0v) is 19.0. The molecule has 32 heavy (non-hydrogen) atoms. The van der Waals surface area contributed by atoms with Crippen molar-refractivity contribution in [2.45, 2.75) is 64.0 Å². The van der Waals surface area contributed by atoms with Crippen LogP contribution in [0.3, 0.4) is 0 Å². The molecular formula is C25H27ClN4O2. The molecule has 0 bridgehead atoms. The maximum absolute atomic E-state index is 12.2. The Hall–Kier alpha value is -2.65. The Kier molecular flexibility index (Phi) is 5.77. The average molecular weight is 451 g/mol. The SMILES string of the molecule is CCOC(=O)c1ccc2c(n1)CC[C@H]1C2=NN(C2C=CC(C#N)=C(Cl)C2)[C@H]1C1CCCC1. The highest BCUT2D eigenvalue weighted by atomic mass is 35.5. The van der Waals surface area contributed by atoms with Gasteiger partial charge in [-0.15, -0.1) is 0 Å². The number of hydrogen-bond donors (Lipinski definition) is 0. The molecule has 5 rings (SSSR count). The van der Waals surface area contributed by atoms with Gasteiger partial charge in [0.25, 0.3) is 0 Å². The summed E-state index contributed by atoms with van der Waals surface area (Å²) in [7, 11) is 0. The molecule has 1 aromatic rings. The van der Waals surface area contributed by atoms with Gasteiger partial charge in [0.05, 0.1) is 35.7 Å². The molecule has 3 aliphatic carbocycles. The fraction of sp³-hybridized carbons (Fsp3) is 0.520. The lowest BCUT2D eigenvalue weighted by Gasteiger charge is -2.38. The van der Waals surface area contributed by atoms with Crippen molar-refractivity contribution in [3.8, 4) is 6.07 Å². The van der Waals surface area contributed by atoms with Crippen molar-refractivity contribution in [1.29, 1.82) is 5.26 Å². The highest BCUT2D eigenvalue weighted by Gasteiger charge is 2.47. The Morgan fingerprint density at radius 3 is 2.84 bits per heavy atom. The lowest BCUT2D eigenvalue weighted by Crippen LogP contribution is -2.44. The lowest BCUT2D eigenvalue weighted by atomic mass is 9.76. The number of fused-ring (bicyclic) bond motifs is 3. The van der Waals surface area contributed by atoms with Crippen LogP contribution in [0.5, 0.6) is 0 Å². The van der Waals surface area contributed by atoms with E-state index in [-0.39, 0.29) is 12.0 Å². The van der Waals surface area contributed by atoms with Gasteiger partial charge in [0.15, 0.2) is 0 Å². The molecule has 3 atom stereocenters. The van der Waals surface area contributed by atoms with Crippen molar-refractivity contribution in [3.63, 3.8) is 0 Å². The van der Waals surface area contributed by atoms with E-state index in [9.17, 15) is 10.1 Å². The van der Waals surface area contributed by atoms with Crippen LogP contribution in [-0.2, 0) is 11.2 Å². The third-order valence-corrected chi connectivity index (χ3v) is 7.59. The molecule has 4 aliphatic rings. The van der Waals surface area contributed by atoms with Crippen LogP contribution in [0.1, 0.15) is 67.2 Å². The number of aryl methyl sites for hydroxylation is 1. The van der Waals surface area contributed by atoms with Gasteiger partial charge in [-0.2, -0.15) is 10.4 Å². The molecule has 0 amide bonds. The zero-order valence-electron chi connectivity index (χ0n) is 18.3. The number of nitriles is 1. The second kappa shape index (κ2) is 8.71. The van der Waals surface area contributed by atoms with Crippen LogP contribution in [-0.4, -0.2) is 40.4 Å². The van der Waals surface area contributed by atoms with Crippen molar-refractivity contribution in [3.05, 3.63) is 51.8 Å². The van der Waals surface area contributed by atoms with Crippen LogP contribution >= 0.6 is 11.6 Å². The first-order valence-corrected chi connectivity index (χ1v) is 12.0. The maximum atomic E-state index is 12.2. The summed E-state index contributed by atoms with van der Waals surface area (Å²) in [5.41, 5.74) is 3.99. The first-order chi connectivity index (χ1) is 15.6. The normalized spacial score (nSPS) is 27.1. The summed E-state index contributed by atoms with van der Waals surface area (Å²) in [5.74, 6) is 0.593. The van der Waals surface area contributed by atoms with Crippen LogP contribution in [0.4, 0.5) is 0 Å². The topological polar surface area (TPSA) is 78.6 Å². The quantitative estimate of drug-likeness (QED) is 0.619. The molecule has 0 N–H and O–H groups in total. The number of aromatic nitrogens is 1. The molecule has 7 heteroatoms. The van der Waals surface area contributed by atoms with Crippen LogP contribution in [0.2, 0.25) is 0 Å². The van der Waals surface area contributed by atoms with Gasteiger partial charge < -0.3 is 4.74 Å². The summed E-state index contributed by atoms with van der Waals surface area (Å²) in [6.07, 6.45) is 11.4. The minimum absolute atomic E-state index is 0.0542. The molecule has 1 aromatic heterocycles. The first kappa shape index (κ1) is 21.2. The number of hydrogen-bond acceptors (Lipinski definition) is 6. The Bertz CT molecular complexity index is 1060. The van der Waals surface area contributed by atoms with E-state index in [0.717, 1.165) is 29.8 Å². The summed E-state index contributed by atoms with van der Waals surface area (Å²) < 4.78 is 5.13. The number of nitrogens with zero attached hydrogens (tertiary/aromatic N) is 4. The van der Waals surface area contributed by atoms with Crippen LogP contribution in [0.25, 0.3) is 0 Å².